The summed E-state index contributed by atoms with van der Waals surface area (Å²) < 4.78 is 33.4. The number of carbonyl (C=O) groups is 3. The summed E-state index contributed by atoms with van der Waals surface area (Å²) in [6.07, 6.45) is -1.17. The number of likely N-dealkylation sites (N-methyl/N-ethyl adjacent to an activating group) is 1. The molecule has 0 radical (unpaired) electrons. The van der Waals surface area contributed by atoms with Gasteiger partial charge in [-0.2, -0.15) is 0 Å². The van der Waals surface area contributed by atoms with Crippen LogP contribution in [0.15, 0.2) is 72.8 Å². The van der Waals surface area contributed by atoms with Crippen LogP contribution >= 0.6 is 12.4 Å². The van der Waals surface area contributed by atoms with E-state index < -0.39 is 48.1 Å². The van der Waals surface area contributed by atoms with Crippen molar-refractivity contribution in [3.05, 3.63) is 95.6 Å². The molecular formula is C30H33ClF2N4O4. The maximum absolute atomic E-state index is 14.1. The third kappa shape index (κ3) is 8.09. The Labute approximate surface area is 244 Å². The van der Waals surface area contributed by atoms with Crippen LogP contribution in [0.1, 0.15) is 24.2 Å². The molecule has 3 atom stereocenters. The summed E-state index contributed by atoms with van der Waals surface area (Å²) in [5.74, 6) is -2.82. The fourth-order valence-corrected chi connectivity index (χ4v) is 4.53. The Morgan fingerprint density at radius 1 is 1.00 bits per heavy atom. The topological polar surface area (TPSA) is 91.0 Å². The van der Waals surface area contributed by atoms with E-state index in [2.05, 4.69) is 10.6 Å². The Hall–Kier alpha value is -3.86. The van der Waals surface area contributed by atoms with Crippen molar-refractivity contribution in [3.8, 4) is 5.75 Å². The first kappa shape index (κ1) is 31.7. The molecule has 0 fully saturated rings. The monoisotopic (exact) mass is 586 g/mol. The molecule has 0 aromatic heterocycles. The number of anilines is 1. The van der Waals surface area contributed by atoms with Crippen LogP contribution in [0.2, 0.25) is 0 Å². The van der Waals surface area contributed by atoms with E-state index >= 15 is 0 Å². The van der Waals surface area contributed by atoms with E-state index in [0.29, 0.717) is 30.6 Å². The van der Waals surface area contributed by atoms with E-state index in [4.69, 9.17) is 4.74 Å². The number of fused-ring (bicyclic) bond motifs is 1. The van der Waals surface area contributed by atoms with Crippen LogP contribution in [0, 0.1) is 11.6 Å². The molecule has 11 heteroatoms. The van der Waals surface area contributed by atoms with Crippen LogP contribution in [-0.4, -0.2) is 61.9 Å². The SMILES string of the molecule is C[C@@H](N[C@@H]1C(=O)N(CCN(C)C)c2ccccc2OC1c1ccccc1)C(=O)NC(=O)Cc1cc(F)cc(F)c1.Cl. The number of imide groups is 1. The van der Waals surface area contributed by atoms with Gasteiger partial charge >= 0.3 is 0 Å². The third-order valence-electron chi connectivity index (χ3n) is 6.52. The molecule has 2 N–H and O–H groups in total. The molecule has 3 aromatic carbocycles. The highest BCUT2D eigenvalue weighted by Gasteiger charge is 2.40. The van der Waals surface area contributed by atoms with Gasteiger partial charge in [0.2, 0.25) is 17.7 Å². The summed E-state index contributed by atoms with van der Waals surface area (Å²) in [6, 6.07) is 17.3. The first-order valence-corrected chi connectivity index (χ1v) is 12.9. The minimum absolute atomic E-state index is 0. The number of halogens is 3. The Morgan fingerprint density at radius 2 is 1.63 bits per heavy atom. The summed E-state index contributed by atoms with van der Waals surface area (Å²) in [4.78, 5) is 43.2. The van der Waals surface area contributed by atoms with Gasteiger partial charge in [-0.3, -0.25) is 25.0 Å². The standard InChI is InChI=1S/C30H32F2N4O4.ClH/c1-19(29(38)34-26(37)17-20-15-22(31)18-23(32)16-20)33-27-28(21-9-5-4-6-10-21)40-25-12-8-7-11-24(25)36(30(27)39)14-13-35(2)3;/h4-12,15-16,18-19,27-28,33H,13-14,17H2,1-3H3,(H,34,37,38);1H/t19-,27+,28?;/m1./s1. The molecule has 0 saturated carbocycles. The fourth-order valence-electron chi connectivity index (χ4n) is 4.53. The van der Waals surface area contributed by atoms with Crippen LogP contribution in [-0.2, 0) is 20.8 Å². The molecule has 0 bridgehead atoms. The zero-order chi connectivity index (χ0) is 28.8. The Bertz CT molecular complexity index is 1360. The van der Waals surface area contributed by atoms with Gasteiger partial charge in [-0.25, -0.2) is 8.78 Å². The van der Waals surface area contributed by atoms with Gasteiger partial charge in [-0.05, 0) is 56.4 Å². The summed E-state index contributed by atoms with van der Waals surface area (Å²) in [7, 11) is 3.82. The van der Waals surface area contributed by atoms with E-state index in [0.717, 1.165) is 17.7 Å². The average molecular weight is 587 g/mol. The molecule has 8 nitrogen and oxygen atoms in total. The van der Waals surface area contributed by atoms with Gasteiger partial charge < -0.3 is 14.5 Å². The van der Waals surface area contributed by atoms with Crippen molar-refractivity contribution >= 4 is 35.8 Å². The lowest BCUT2D eigenvalue weighted by atomic mass is 10.00. The quantitative estimate of drug-likeness (QED) is 0.398. The Balaban J connectivity index is 0.00000462. The van der Waals surface area contributed by atoms with E-state index in [1.165, 1.54) is 6.92 Å². The van der Waals surface area contributed by atoms with Crippen molar-refractivity contribution in [3.63, 3.8) is 0 Å². The molecule has 0 spiro atoms. The molecule has 0 aliphatic carbocycles. The highest BCUT2D eigenvalue weighted by molar-refractivity contribution is 6.01. The second kappa shape index (κ2) is 14.2. The fraction of sp³-hybridized carbons (Fsp3) is 0.300. The zero-order valence-corrected chi connectivity index (χ0v) is 23.8. The van der Waals surface area contributed by atoms with E-state index in [1.807, 2.05) is 67.5 Å². The van der Waals surface area contributed by atoms with Gasteiger partial charge in [0.1, 0.15) is 29.5 Å². The number of benzene rings is 3. The van der Waals surface area contributed by atoms with E-state index in [-0.39, 0.29) is 23.9 Å². The number of hydrogen-bond donors (Lipinski definition) is 2. The maximum atomic E-state index is 14.1. The largest absolute Gasteiger partial charge is 0.481 e. The third-order valence-corrected chi connectivity index (χ3v) is 6.52. The lowest BCUT2D eigenvalue weighted by Crippen LogP contribution is -2.56. The second-order valence-electron chi connectivity index (χ2n) is 9.94. The van der Waals surface area contributed by atoms with Crippen LogP contribution in [0.4, 0.5) is 14.5 Å². The van der Waals surface area contributed by atoms with Crippen molar-refractivity contribution in [1.29, 1.82) is 0 Å². The number of carbonyl (C=O) groups excluding carboxylic acids is 3. The van der Waals surface area contributed by atoms with Gasteiger partial charge in [-0.1, -0.05) is 42.5 Å². The van der Waals surface area contributed by atoms with E-state index in [9.17, 15) is 23.2 Å². The van der Waals surface area contributed by atoms with Crippen LogP contribution < -0.4 is 20.3 Å². The Kier molecular flexibility index (Phi) is 10.9. The number of ether oxygens (including phenoxy) is 1. The van der Waals surface area contributed by atoms with Gasteiger partial charge in [0, 0.05) is 19.2 Å². The first-order valence-electron chi connectivity index (χ1n) is 12.9. The molecule has 0 saturated heterocycles. The molecule has 41 heavy (non-hydrogen) atoms. The molecule has 1 aliphatic heterocycles. The predicted octanol–water partition coefficient (Wildman–Crippen LogP) is 3.65. The lowest BCUT2D eigenvalue weighted by Gasteiger charge is -2.30. The zero-order valence-electron chi connectivity index (χ0n) is 23.0. The molecular weight excluding hydrogens is 554 g/mol. The van der Waals surface area contributed by atoms with Gasteiger partial charge in [0.05, 0.1) is 18.2 Å². The average Bonchev–Trinajstić information content (AvgIpc) is 3.01. The summed E-state index contributed by atoms with van der Waals surface area (Å²) in [5, 5.41) is 5.34. The summed E-state index contributed by atoms with van der Waals surface area (Å²) in [6.45, 7) is 2.51. The van der Waals surface area contributed by atoms with Crippen molar-refractivity contribution < 1.29 is 27.9 Å². The molecule has 3 aromatic rings. The highest BCUT2D eigenvalue weighted by Crippen LogP contribution is 2.37. The molecule has 1 unspecified atom stereocenters. The van der Waals surface area contributed by atoms with Gasteiger partial charge in [0.15, 0.2) is 0 Å². The number of amides is 3. The van der Waals surface area contributed by atoms with Crippen LogP contribution in [0.5, 0.6) is 5.75 Å². The number of para-hydroxylation sites is 2. The van der Waals surface area contributed by atoms with Gasteiger partial charge in [-0.15, -0.1) is 12.4 Å². The second-order valence-corrected chi connectivity index (χ2v) is 9.94. The summed E-state index contributed by atoms with van der Waals surface area (Å²) >= 11 is 0. The predicted molar refractivity (Wildman–Crippen MR) is 154 cm³/mol. The number of rotatable bonds is 9. The minimum Gasteiger partial charge on any atom is -0.481 e. The minimum atomic E-state index is -0.992. The Morgan fingerprint density at radius 3 is 2.29 bits per heavy atom. The number of nitrogens with one attached hydrogen (secondary N) is 2. The molecule has 1 heterocycles. The van der Waals surface area contributed by atoms with Crippen LogP contribution in [0.25, 0.3) is 0 Å². The number of nitrogens with zero attached hydrogens (tertiary/aromatic N) is 2. The first-order chi connectivity index (χ1) is 19.1. The number of hydrogen-bond acceptors (Lipinski definition) is 6. The van der Waals surface area contributed by atoms with Crippen LogP contribution in [0.3, 0.4) is 0 Å². The van der Waals surface area contributed by atoms with Crippen molar-refractivity contribution in [1.82, 2.24) is 15.5 Å². The van der Waals surface area contributed by atoms with Crippen molar-refractivity contribution in [2.75, 3.05) is 32.1 Å². The highest BCUT2D eigenvalue weighted by atomic mass is 35.5. The normalized spacial score (nSPS) is 17.1. The smallest absolute Gasteiger partial charge is 0.248 e. The van der Waals surface area contributed by atoms with E-state index in [1.54, 1.807) is 11.0 Å². The van der Waals surface area contributed by atoms with Crippen molar-refractivity contribution in [2.24, 2.45) is 0 Å². The van der Waals surface area contributed by atoms with Crippen molar-refractivity contribution in [2.45, 2.75) is 31.5 Å². The molecule has 3 amide bonds. The molecule has 218 valence electrons. The summed E-state index contributed by atoms with van der Waals surface area (Å²) in [5.41, 5.74) is 1.44. The lowest BCUT2D eigenvalue weighted by molar-refractivity contribution is -0.131. The maximum Gasteiger partial charge on any atom is 0.248 e. The van der Waals surface area contributed by atoms with Gasteiger partial charge in [0.25, 0.3) is 0 Å². The molecule has 1 aliphatic rings. The molecule has 4 rings (SSSR count).